The van der Waals surface area contributed by atoms with E-state index in [1.807, 2.05) is 42.5 Å². The smallest absolute Gasteiger partial charge is 0.0105 e. The molecule has 0 saturated carbocycles. The van der Waals surface area contributed by atoms with Gasteiger partial charge in [0.05, 0.1) is 0 Å². The van der Waals surface area contributed by atoms with E-state index < -0.39 is 0 Å². The van der Waals surface area contributed by atoms with Crippen LogP contribution >= 0.6 is 0 Å². The van der Waals surface area contributed by atoms with Crippen LogP contribution in [0.5, 0.6) is 0 Å². The summed E-state index contributed by atoms with van der Waals surface area (Å²) in [6.07, 6.45) is 2.24. The molecule has 4 aromatic rings. The third-order valence-corrected chi connectivity index (χ3v) is 3.95. The summed E-state index contributed by atoms with van der Waals surface area (Å²) >= 11 is 0. The van der Waals surface area contributed by atoms with Gasteiger partial charge < -0.3 is 0 Å². The summed E-state index contributed by atoms with van der Waals surface area (Å²) < 4.78 is 0. The standard InChI is InChI=1S/C20H16.C6H6/c1-4-10-17(11-5-1)16-20(18-12-6-2-7-13-18)19-14-8-3-9-15-19;1-2-4-6-5-3-1/h1-16H;1-6H. The van der Waals surface area contributed by atoms with Gasteiger partial charge in [-0.1, -0.05) is 127 Å². The molecule has 0 aliphatic heterocycles. The van der Waals surface area contributed by atoms with Gasteiger partial charge in [0.25, 0.3) is 0 Å². The first-order chi connectivity index (χ1) is 12.9. The molecule has 0 unspecified atom stereocenters. The van der Waals surface area contributed by atoms with Crippen LogP contribution in [0.25, 0.3) is 11.6 Å². The molecule has 0 fully saturated rings. The second-order valence-electron chi connectivity index (χ2n) is 5.86. The van der Waals surface area contributed by atoms with E-state index >= 15 is 0 Å². The monoisotopic (exact) mass is 334 g/mol. The predicted molar refractivity (Wildman–Crippen MR) is 113 cm³/mol. The fraction of sp³-hybridized carbons (Fsp3) is 0. The molecule has 4 rings (SSSR count). The second kappa shape index (κ2) is 9.80. The molecule has 0 heterocycles. The van der Waals surface area contributed by atoms with Gasteiger partial charge >= 0.3 is 0 Å². The first kappa shape index (κ1) is 17.4. The first-order valence-corrected chi connectivity index (χ1v) is 8.81. The molecule has 0 nitrogen and oxygen atoms in total. The highest BCUT2D eigenvalue weighted by atomic mass is 14.1. The Morgan fingerprint density at radius 3 is 1.08 bits per heavy atom. The SMILES string of the molecule is C(=C(c1ccccc1)c1ccccc1)c1ccccc1.c1ccccc1. The molecule has 4 aromatic carbocycles. The van der Waals surface area contributed by atoms with E-state index in [-0.39, 0.29) is 0 Å². The Bertz CT molecular complexity index is 825. The van der Waals surface area contributed by atoms with Crippen LogP contribution in [-0.2, 0) is 0 Å². The van der Waals surface area contributed by atoms with Crippen molar-refractivity contribution in [2.24, 2.45) is 0 Å². The maximum atomic E-state index is 2.24. The molecule has 0 aliphatic carbocycles. The molecule has 0 spiro atoms. The van der Waals surface area contributed by atoms with Crippen LogP contribution in [0.3, 0.4) is 0 Å². The van der Waals surface area contributed by atoms with Gasteiger partial charge in [0.2, 0.25) is 0 Å². The van der Waals surface area contributed by atoms with E-state index in [1.165, 1.54) is 22.3 Å². The van der Waals surface area contributed by atoms with Crippen molar-refractivity contribution in [1.82, 2.24) is 0 Å². The van der Waals surface area contributed by atoms with Gasteiger partial charge in [0.15, 0.2) is 0 Å². The van der Waals surface area contributed by atoms with E-state index in [1.54, 1.807) is 0 Å². The van der Waals surface area contributed by atoms with Crippen molar-refractivity contribution in [3.05, 3.63) is 144 Å². The Morgan fingerprint density at radius 1 is 0.385 bits per heavy atom. The van der Waals surface area contributed by atoms with Crippen LogP contribution in [-0.4, -0.2) is 0 Å². The summed E-state index contributed by atoms with van der Waals surface area (Å²) in [6, 6.07) is 43.5. The van der Waals surface area contributed by atoms with Gasteiger partial charge in [-0.3, -0.25) is 0 Å². The highest BCUT2D eigenvalue weighted by Crippen LogP contribution is 2.25. The summed E-state index contributed by atoms with van der Waals surface area (Å²) in [4.78, 5) is 0. The van der Waals surface area contributed by atoms with Crippen molar-refractivity contribution >= 4 is 11.6 Å². The second-order valence-corrected chi connectivity index (χ2v) is 5.86. The van der Waals surface area contributed by atoms with Crippen molar-refractivity contribution < 1.29 is 0 Å². The summed E-state index contributed by atoms with van der Waals surface area (Å²) in [7, 11) is 0. The van der Waals surface area contributed by atoms with Crippen LogP contribution in [0.15, 0.2) is 127 Å². The molecule has 0 amide bonds. The topological polar surface area (TPSA) is 0 Å². The van der Waals surface area contributed by atoms with Gasteiger partial charge in [0.1, 0.15) is 0 Å². The molecule has 0 aromatic heterocycles. The zero-order valence-electron chi connectivity index (χ0n) is 14.7. The van der Waals surface area contributed by atoms with E-state index in [9.17, 15) is 0 Å². The zero-order chi connectivity index (χ0) is 17.9. The van der Waals surface area contributed by atoms with Crippen LogP contribution in [0, 0.1) is 0 Å². The molecule has 0 bridgehead atoms. The van der Waals surface area contributed by atoms with Gasteiger partial charge in [-0.15, -0.1) is 0 Å². The van der Waals surface area contributed by atoms with E-state index in [0.717, 1.165) is 0 Å². The van der Waals surface area contributed by atoms with E-state index in [2.05, 4.69) is 91.0 Å². The average Bonchev–Trinajstić information content (AvgIpc) is 2.76. The normalized spacial score (nSPS) is 9.54. The minimum absolute atomic E-state index is 1.22. The lowest BCUT2D eigenvalue weighted by Crippen LogP contribution is -1.87. The first-order valence-electron chi connectivity index (χ1n) is 8.81. The number of hydrogen-bond donors (Lipinski definition) is 0. The molecular weight excluding hydrogens is 312 g/mol. The van der Waals surface area contributed by atoms with Crippen molar-refractivity contribution in [1.29, 1.82) is 0 Å². The fourth-order valence-electron chi connectivity index (χ4n) is 2.67. The van der Waals surface area contributed by atoms with Crippen molar-refractivity contribution in [3.63, 3.8) is 0 Å². The minimum Gasteiger partial charge on any atom is -0.0623 e. The highest BCUT2D eigenvalue weighted by Gasteiger charge is 2.04. The molecule has 0 N–H and O–H groups in total. The summed E-state index contributed by atoms with van der Waals surface area (Å²) in [5.74, 6) is 0. The molecule has 0 aliphatic rings. The number of benzene rings is 4. The molecular formula is C26H22. The van der Waals surface area contributed by atoms with Crippen LogP contribution in [0.4, 0.5) is 0 Å². The number of rotatable bonds is 3. The van der Waals surface area contributed by atoms with Crippen LogP contribution < -0.4 is 0 Å². The molecule has 126 valence electrons. The zero-order valence-corrected chi connectivity index (χ0v) is 14.7. The molecule has 26 heavy (non-hydrogen) atoms. The Labute approximate surface area is 156 Å². The third kappa shape index (κ3) is 5.32. The Balaban J connectivity index is 0.000000278. The lowest BCUT2D eigenvalue weighted by atomic mass is 9.96. The van der Waals surface area contributed by atoms with E-state index in [0.29, 0.717) is 0 Å². The summed E-state index contributed by atoms with van der Waals surface area (Å²) in [5, 5.41) is 0. The molecule has 0 radical (unpaired) electrons. The summed E-state index contributed by atoms with van der Waals surface area (Å²) in [6.45, 7) is 0. The number of hydrogen-bond acceptors (Lipinski definition) is 0. The predicted octanol–water partition coefficient (Wildman–Crippen LogP) is 6.96. The molecule has 0 saturated heterocycles. The van der Waals surface area contributed by atoms with E-state index in [4.69, 9.17) is 0 Å². The molecule has 0 atom stereocenters. The molecule has 0 heteroatoms. The third-order valence-electron chi connectivity index (χ3n) is 3.95. The Kier molecular flexibility index (Phi) is 6.58. The van der Waals surface area contributed by atoms with Gasteiger partial charge in [-0.05, 0) is 28.3 Å². The maximum absolute atomic E-state index is 2.24. The van der Waals surface area contributed by atoms with Crippen molar-refractivity contribution in [2.75, 3.05) is 0 Å². The van der Waals surface area contributed by atoms with Crippen LogP contribution in [0.1, 0.15) is 16.7 Å². The minimum atomic E-state index is 1.22. The lowest BCUT2D eigenvalue weighted by molar-refractivity contribution is 1.55. The van der Waals surface area contributed by atoms with Gasteiger partial charge in [-0.2, -0.15) is 0 Å². The Hall–Kier alpha value is -3.38. The van der Waals surface area contributed by atoms with Crippen molar-refractivity contribution in [2.45, 2.75) is 0 Å². The Morgan fingerprint density at radius 2 is 0.692 bits per heavy atom. The van der Waals surface area contributed by atoms with Gasteiger partial charge in [-0.25, -0.2) is 0 Å². The van der Waals surface area contributed by atoms with Gasteiger partial charge in [0, 0.05) is 0 Å². The fourth-order valence-corrected chi connectivity index (χ4v) is 2.67. The lowest BCUT2D eigenvalue weighted by Gasteiger charge is -2.08. The summed E-state index contributed by atoms with van der Waals surface area (Å²) in [5.41, 5.74) is 4.94. The quantitative estimate of drug-likeness (QED) is 0.355. The average molecular weight is 334 g/mol. The van der Waals surface area contributed by atoms with Crippen molar-refractivity contribution in [3.8, 4) is 0 Å². The maximum Gasteiger partial charge on any atom is -0.0105 e. The highest BCUT2D eigenvalue weighted by molar-refractivity contribution is 5.91. The largest absolute Gasteiger partial charge is 0.0623 e. The van der Waals surface area contributed by atoms with Crippen LogP contribution in [0.2, 0.25) is 0 Å².